The summed E-state index contributed by atoms with van der Waals surface area (Å²) in [6.07, 6.45) is 5.81. The molecule has 0 radical (unpaired) electrons. The van der Waals surface area contributed by atoms with Crippen molar-refractivity contribution in [2.45, 2.75) is 6.92 Å². The standard InChI is InChI=1S/C8H10N2S/c1-3-4-8-7(5-9-2)10-6-11-8/h3-6H,1-2H3/b4-3-,9-5?. The second kappa shape index (κ2) is 4.03. The molecule has 1 heterocycles. The van der Waals surface area contributed by atoms with Gasteiger partial charge in [0, 0.05) is 13.3 Å². The molecular weight excluding hydrogens is 156 g/mol. The SMILES string of the molecule is C/C=C\c1scnc1C=NC. The molecule has 3 heteroatoms. The van der Waals surface area contributed by atoms with Crippen LogP contribution in [0.15, 0.2) is 16.6 Å². The predicted molar refractivity (Wildman–Crippen MR) is 50.3 cm³/mol. The molecule has 0 aromatic carbocycles. The molecule has 0 spiro atoms. The molecule has 0 unspecified atom stereocenters. The molecule has 1 aromatic rings. The second-order valence-electron chi connectivity index (χ2n) is 1.99. The van der Waals surface area contributed by atoms with Crippen LogP contribution in [0, 0.1) is 0 Å². The lowest BCUT2D eigenvalue weighted by molar-refractivity contribution is 1.36. The van der Waals surface area contributed by atoms with Crippen LogP contribution in [-0.4, -0.2) is 18.2 Å². The minimum absolute atomic E-state index is 0.954. The van der Waals surface area contributed by atoms with Crippen LogP contribution in [0.3, 0.4) is 0 Å². The molecule has 1 aromatic heterocycles. The van der Waals surface area contributed by atoms with Gasteiger partial charge in [-0.2, -0.15) is 0 Å². The van der Waals surface area contributed by atoms with Crippen molar-refractivity contribution in [3.8, 4) is 0 Å². The van der Waals surface area contributed by atoms with E-state index in [0.29, 0.717) is 0 Å². The Labute approximate surface area is 70.3 Å². The number of hydrogen-bond acceptors (Lipinski definition) is 3. The van der Waals surface area contributed by atoms with E-state index in [1.165, 1.54) is 0 Å². The number of allylic oxidation sites excluding steroid dienone is 1. The summed E-state index contributed by atoms with van der Waals surface area (Å²) < 4.78 is 0. The largest absolute Gasteiger partial charge is 0.294 e. The quantitative estimate of drug-likeness (QED) is 0.618. The smallest absolute Gasteiger partial charge is 0.0989 e. The fourth-order valence-corrected chi connectivity index (χ4v) is 1.48. The zero-order valence-corrected chi connectivity index (χ0v) is 7.43. The van der Waals surface area contributed by atoms with Gasteiger partial charge in [-0.05, 0) is 13.0 Å². The van der Waals surface area contributed by atoms with E-state index in [1.54, 1.807) is 24.6 Å². The third-order valence-corrected chi connectivity index (χ3v) is 2.00. The number of rotatable bonds is 2. The summed E-state index contributed by atoms with van der Waals surface area (Å²) in [5.41, 5.74) is 2.78. The predicted octanol–water partition coefficient (Wildman–Crippen LogP) is 2.22. The number of aromatic nitrogens is 1. The van der Waals surface area contributed by atoms with Crippen LogP contribution >= 0.6 is 11.3 Å². The Morgan fingerprint density at radius 3 is 3.09 bits per heavy atom. The monoisotopic (exact) mass is 166 g/mol. The Hall–Kier alpha value is -0.960. The van der Waals surface area contributed by atoms with Gasteiger partial charge in [-0.1, -0.05) is 6.08 Å². The molecule has 11 heavy (non-hydrogen) atoms. The third-order valence-electron chi connectivity index (χ3n) is 1.19. The average Bonchev–Trinajstić information content (AvgIpc) is 2.39. The van der Waals surface area contributed by atoms with Crippen molar-refractivity contribution in [1.82, 2.24) is 4.98 Å². The van der Waals surface area contributed by atoms with E-state index in [1.807, 2.05) is 24.6 Å². The van der Waals surface area contributed by atoms with E-state index in [9.17, 15) is 0 Å². The first-order chi connectivity index (χ1) is 5.38. The lowest BCUT2D eigenvalue weighted by Gasteiger charge is -1.85. The lowest BCUT2D eigenvalue weighted by atomic mass is 10.3. The molecule has 0 atom stereocenters. The summed E-state index contributed by atoms with van der Waals surface area (Å²) in [5.74, 6) is 0. The third kappa shape index (κ3) is 1.98. The van der Waals surface area contributed by atoms with Gasteiger partial charge in [-0.25, -0.2) is 4.98 Å². The maximum Gasteiger partial charge on any atom is 0.0989 e. The molecule has 0 amide bonds. The highest BCUT2D eigenvalue weighted by atomic mass is 32.1. The van der Waals surface area contributed by atoms with Gasteiger partial charge < -0.3 is 0 Å². The molecule has 0 N–H and O–H groups in total. The van der Waals surface area contributed by atoms with Crippen LogP contribution in [-0.2, 0) is 0 Å². The van der Waals surface area contributed by atoms with Gasteiger partial charge in [0.15, 0.2) is 0 Å². The normalized spacial score (nSPS) is 11.8. The number of nitrogens with zero attached hydrogens (tertiary/aromatic N) is 2. The topological polar surface area (TPSA) is 25.2 Å². The van der Waals surface area contributed by atoms with Crippen molar-refractivity contribution in [3.63, 3.8) is 0 Å². The van der Waals surface area contributed by atoms with Gasteiger partial charge in [0.1, 0.15) is 0 Å². The molecule has 0 saturated carbocycles. The van der Waals surface area contributed by atoms with Gasteiger partial charge in [0.25, 0.3) is 0 Å². The molecule has 0 bridgehead atoms. The van der Waals surface area contributed by atoms with Crippen molar-refractivity contribution in [3.05, 3.63) is 22.2 Å². The molecule has 0 aliphatic heterocycles. The van der Waals surface area contributed by atoms with E-state index in [0.717, 1.165) is 10.6 Å². The molecule has 0 aliphatic carbocycles. The van der Waals surface area contributed by atoms with E-state index >= 15 is 0 Å². The summed E-state index contributed by atoms with van der Waals surface area (Å²) in [5, 5.41) is 0. The summed E-state index contributed by atoms with van der Waals surface area (Å²) in [4.78, 5) is 9.21. The van der Waals surface area contributed by atoms with Crippen LogP contribution < -0.4 is 0 Å². The van der Waals surface area contributed by atoms with Crippen LogP contribution in [0.5, 0.6) is 0 Å². The molecular formula is C8H10N2S. The molecule has 58 valence electrons. The summed E-state index contributed by atoms with van der Waals surface area (Å²) in [7, 11) is 1.75. The minimum Gasteiger partial charge on any atom is -0.294 e. The summed E-state index contributed by atoms with van der Waals surface area (Å²) >= 11 is 1.62. The van der Waals surface area contributed by atoms with Crippen LogP contribution in [0.25, 0.3) is 6.08 Å². The van der Waals surface area contributed by atoms with Gasteiger partial charge in [-0.3, -0.25) is 4.99 Å². The fraction of sp³-hybridized carbons (Fsp3) is 0.250. The van der Waals surface area contributed by atoms with Crippen molar-refractivity contribution in [2.75, 3.05) is 7.05 Å². The summed E-state index contributed by atoms with van der Waals surface area (Å²) in [6, 6.07) is 0. The lowest BCUT2D eigenvalue weighted by Crippen LogP contribution is -1.82. The van der Waals surface area contributed by atoms with Crippen LogP contribution in [0.1, 0.15) is 17.5 Å². The Morgan fingerprint density at radius 1 is 1.64 bits per heavy atom. The van der Waals surface area contributed by atoms with E-state index in [-0.39, 0.29) is 0 Å². The number of hydrogen-bond donors (Lipinski definition) is 0. The fourth-order valence-electron chi connectivity index (χ4n) is 0.759. The van der Waals surface area contributed by atoms with Crippen molar-refractivity contribution < 1.29 is 0 Å². The van der Waals surface area contributed by atoms with Crippen LogP contribution in [0.4, 0.5) is 0 Å². The zero-order valence-electron chi connectivity index (χ0n) is 6.61. The first-order valence-corrected chi connectivity index (χ1v) is 4.24. The average molecular weight is 166 g/mol. The number of aliphatic imine (C=N–C) groups is 1. The number of thiazole rings is 1. The van der Waals surface area contributed by atoms with Crippen molar-refractivity contribution >= 4 is 23.6 Å². The van der Waals surface area contributed by atoms with Gasteiger partial charge in [0.2, 0.25) is 0 Å². The highest BCUT2D eigenvalue weighted by Crippen LogP contribution is 2.12. The van der Waals surface area contributed by atoms with Crippen molar-refractivity contribution in [1.29, 1.82) is 0 Å². The Bertz CT molecular complexity index is 247. The molecule has 0 saturated heterocycles. The Kier molecular flexibility index (Phi) is 2.98. The molecule has 1 rings (SSSR count). The maximum absolute atomic E-state index is 4.14. The Balaban J connectivity index is 2.95. The molecule has 0 aliphatic rings. The zero-order chi connectivity index (χ0) is 8.10. The maximum atomic E-state index is 4.14. The highest BCUT2D eigenvalue weighted by molar-refractivity contribution is 7.10. The summed E-state index contributed by atoms with van der Waals surface area (Å²) in [6.45, 7) is 1.99. The molecule has 2 nitrogen and oxygen atoms in total. The van der Waals surface area contributed by atoms with E-state index in [2.05, 4.69) is 9.98 Å². The van der Waals surface area contributed by atoms with Gasteiger partial charge in [-0.15, -0.1) is 11.3 Å². The van der Waals surface area contributed by atoms with E-state index in [4.69, 9.17) is 0 Å². The minimum atomic E-state index is 0.954. The Morgan fingerprint density at radius 2 is 2.45 bits per heavy atom. The van der Waals surface area contributed by atoms with Crippen molar-refractivity contribution in [2.24, 2.45) is 4.99 Å². The van der Waals surface area contributed by atoms with Gasteiger partial charge in [0.05, 0.1) is 16.1 Å². The van der Waals surface area contributed by atoms with Gasteiger partial charge >= 0.3 is 0 Å². The first kappa shape index (κ1) is 8.14. The first-order valence-electron chi connectivity index (χ1n) is 3.37. The van der Waals surface area contributed by atoms with E-state index < -0.39 is 0 Å². The second-order valence-corrected chi connectivity index (χ2v) is 2.88. The highest BCUT2D eigenvalue weighted by Gasteiger charge is 1.97. The van der Waals surface area contributed by atoms with Crippen LogP contribution in [0.2, 0.25) is 0 Å². The molecule has 0 fully saturated rings.